The number of carbonyl (C=O) groups excluding carboxylic acids is 2. The monoisotopic (exact) mass is 502 g/mol. The first kappa shape index (κ1) is 24.7. The van der Waals surface area contributed by atoms with Gasteiger partial charge in [0.05, 0.1) is 12.7 Å². The molecule has 0 unspecified atom stereocenters. The van der Waals surface area contributed by atoms with Crippen LogP contribution in [0.3, 0.4) is 0 Å². The van der Waals surface area contributed by atoms with Crippen molar-refractivity contribution in [2.45, 2.75) is 38.2 Å². The minimum atomic E-state index is -1.42. The number of halogens is 1. The van der Waals surface area contributed by atoms with E-state index in [1.165, 1.54) is 13.2 Å². The van der Waals surface area contributed by atoms with Crippen LogP contribution in [0.25, 0.3) is 11.1 Å². The Bertz CT molecular complexity index is 1380. The lowest BCUT2D eigenvalue weighted by Crippen LogP contribution is -2.28. The van der Waals surface area contributed by atoms with Crippen molar-refractivity contribution < 1.29 is 33.4 Å². The standard InChI is InChI=1S/C30H27FO6/c1-16(28(32)29(33)34)27(19-7-8-19)20-9-11-23-21(13-20)14-26(37-30(23)35)18-5-3-17(4-6-18)24-15-22(36-2)10-12-25(24)31/h3-6,9-13,15-16,19,26-27H,7-8,14H2,1-2H3,(H,33,34)/t16-,26-,27-/m0/s1. The summed E-state index contributed by atoms with van der Waals surface area (Å²) in [5.41, 5.74) is 4.03. The Labute approximate surface area is 214 Å². The second kappa shape index (κ2) is 9.81. The van der Waals surface area contributed by atoms with Gasteiger partial charge in [-0.15, -0.1) is 0 Å². The molecular weight excluding hydrogens is 475 g/mol. The molecule has 0 spiro atoms. The summed E-state index contributed by atoms with van der Waals surface area (Å²) < 4.78 is 25.3. The van der Waals surface area contributed by atoms with Gasteiger partial charge in [-0.2, -0.15) is 0 Å². The quantitative estimate of drug-likeness (QED) is 0.312. The molecule has 0 amide bonds. The van der Waals surface area contributed by atoms with Crippen LogP contribution in [0.2, 0.25) is 0 Å². The highest BCUT2D eigenvalue weighted by atomic mass is 19.1. The molecule has 0 aromatic heterocycles. The minimum Gasteiger partial charge on any atom is -0.497 e. The Kier molecular flexibility index (Phi) is 6.54. The van der Waals surface area contributed by atoms with Crippen LogP contribution in [-0.4, -0.2) is 29.9 Å². The number of hydrogen-bond acceptors (Lipinski definition) is 5. The predicted molar refractivity (Wildman–Crippen MR) is 134 cm³/mol. The summed E-state index contributed by atoms with van der Waals surface area (Å²) in [7, 11) is 1.53. The summed E-state index contributed by atoms with van der Waals surface area (Å²) in [6.07, 6.45) is 1.82. The third kappa shape index (κ3) is 4.86. The molecule has 190 valence electrons. The number of cyclic esters (lactones) is 1. The zero-order valence-corrected chi connectivity index (χ0v) is 20.6. The maximum atomic E-state index is 14.4. The Hall–Kier alpha value is -4.00. The summed E-state index contributed by atoms with van der Waals surface area (Å²) in [6.45, 7) is 1.67. The van der Waals surface area contributed by atoms with Gasteiger partial charge >= 0.3 is 11.9 Å². The molecule has 3 aromatic carbocycles. The van der Waals surface area contributed by atoms with Crippen molar-refractivity contribution in [2.75, 3.05) is 7.11 Å². The van der Waals surface area contributed by atoms with Gasteiger partial charge in [-0.25, -0.2) is 14.0 Å². The zero-order chi connectivity index (χ0) is 26.3. The summed E-state index contributed by atoms with van der Waals surface area (Å²) in [6, 6.07) is 17.2. The van der Waals surface area contributed by atoms with Crippen LogP contribution < -0.4 is 4.74 Å². The number of rotatable bonds is 8. The Morgan fingerprint density at radius 1 is 1.03 bits per heavy atom. The molecule has 1 saturated carbocycles. The van der Waals surface area contributed by atoms with Crippen LogP contribution in [-0.2, 0) is 20.7 Å². The van der Waals surface area contributed by atoms with E-state index in [4.69, 9.17) is 9.47 Å². The maximum Gasteiger partial charge on any atom is 0.372 e. The molecule has 1 N–H and O–H groups in total. The van der Waals surface area contributed by atoms with Crippen molar-refractivity contribution in [3.8, 4) is 16.9 Å². The Morgan fingerprint density at radius 2 is 1.76 bits per heavy atom. The van der Waals surface area contributed by atoms with Crippen LogP contribution in [0.1, 0.15) is 58.8 Å². The van der Waals surface area contributed by atoms with Crippen molar-refractivity contribution >= 4 is 17.7 Å². The molecule has 1 heterocycles. The molecule has 3 aromatic rings. The van der Waals surface area contributed by atoms with Crippen molar-refractivity contribution in [2.24, 2.45) is 11.8 Å². The lowest BCUT2D eigenvalue weighted by Gasteiger charge is -2.28. The summed E-state index contributed by atoms with van der Waals surface area (Å²) in [4.78, 5) is 36.4. The largest absolute Gasteiger partial charge is 0.497 e. The number of benzene rings is 3. The number of carboxylic acids is 1. The van der Waals surface area contributed by atoms with Gasteiger partial charge in [0.1, 0.15) is 17.7 Å². The van der Waals surface area contributed by atoms with Gasteiger partial charge in [-0.1, -0.05) is 43.3 Å². The molecule has 0 radical (unpaired) electrons. The number of fused-ring (bicyclic) bond motifs is 1. The van der Waals surface area contributed by atoms with Gasteiger partial charge in [0.2, 0.25) is 5.78 Å². The maximum absolute atomic E-state index is 14.4. The van der Waals surface area contributed by atoms with Crippen molar-refractivity contribution in [1.29, 1.82) is 0 Å². The number of carbonyl (C=O) groups is 3. The molecule has 1 fully saturated rings. The number of ketones is 1. The van der Waals surface area contributed by atoms with E-state index in [0.717, 1.165) is 29.5 Å². The van der Waals surface area contributed by atoms with E-state index in [0.29, 0.717) is 28.9 Å². The van der Waals surface area contributed by atoms with Crippen LogP contribution in [0.15, 0.2) is 60.7 Å². The van der Waals surface area contributed by atoms with E-state index in [1.807, 2.05) is 24.3 Å². The van der Waals surface area contributed by atoms with Crippen LogP contribution in [0.4, 0.5) is 4.39 Å². The molecule has 0 saturated heterocycles. The van der Waals surface area contributed by atoms with Crippen LogP contribution >= 0.6 is 0 Å². The molecule has 6 nitrogen and oxygen atoms in total. The van der Waals surface area contributed by atoms with Crippen LogP contribution in [0, 0.1) is 17.7 Å². The molecule has 2 aliphatic rings. The van der Waals surface area contributed by atoms with Gasteiger partial charge in [0, 0.05) is 17.9 Å². The van der Waals surface area contributed by atoms with Crippen LogP contribution in [0.5, 0.6) is 5.75 Å². The zero-order valence-electron chi connectivity index (χ0n) is 20.6. The average molecular weight is 503 g/mol. The fraction of sp³-hybridized carbons (Fsp3) is 0.300. The number of aliphatic carboxylic acids is 1. The minimum absolute atomic E-state index is 0.206. The number of Topliss-reactive ketones (excluding diaryl/α,β-unsaturated/α-hetero) is 1. The molecule has 7 heteroatoms. The first-order valence-electron chi connectivity index (χ1n) is 12.3. The molecule has 5 rings (SSSR count). The highest BCUT2D eigenvalue weighted by Gasteiger charge is 2.41. The molecule has 1 aliphatic heterocycles. The summed E-state index contributed by atoms with van der Waals surface area (Å²) in [5, 5.41) is 9.23. The second-order valence-electron chi connectivity index (χ2n) is 9.80. The third-order valence-corrected chi connectivity index (χ3v) is 7.45. The van der Waals surface area contributed by atoms with Gasteiger partial charge in [-0.05, 0) is 71.2 Å². The Morgan fingerprint density at radius 3 is 2.41 bits per heavy atom. The van der Waals surface area contributed by atoms with E-state index in [-0.39, 0.29) is 17.7 Å². The van der Waals surface area contributed by atoms with Gasteiger partial charge in [-0.3, -0.25) is 4.79 Å². The summed E-state index contributed by atoms with van der Waals surface area (Å²) in [5.74, 6) is -3.05. The van der Waals surface area contributed by atoms with Gasteiger partial charge in [0.15, 0.2) is 0 Å². The van der Waals surface area contributed by atoms with Gasteiger partial charge in [0.25, 0.3) is 0 Å². The third-order valence-electron chi connectivity index (χ3n) is 7.45. The number of esters is 1. The number of carboxylic acid groups (broad SMARTS) is 1. The summed E-state index contributed by atoms with van der Waals surface area (Å²) >= 11 is 0. The molecule has 37 heavy (non-hydrogen) atoms. The topological polar surface area (TPSA) is 89.9 Å². The van der Waals surface area contributed by atoms with E-state index in [2.05, 4.69) is 0 Å². The fourth-order valence-electron chi connectivity index (χ4n) is 5.32. The predicted octanol–water partition coefficient (Wildman–Crippen LogP) is 5.74. The van der Waals surface area contributed by atoms with E-state index >= 15 is 0 Å². The van der Waals surface area contributed by atoms with Crippen molar-refractivity contribution in [3.63, 3.8) is 0 Å². The van der Waals surface area contributed by atoms with Gasteiger partial charge < -0.3 is 14.6 Å². The van der Waals surface area contributed by atoms with E-state index in [9.17, 15) is 23.9 Å². The lowest BCUT2D eigenvalue weighted by molar-refractivity contribution is -0.151. The van der Waals surface area contributed by atoms with E-state index in [1.54, 1.807) is 37.3 Å². The van der Waals surface area contributed by atoms with E-state index < -0.39 is 29.7 Å². The molecule has 1 aliphatic carbocycles. The number of hydrogen-bond donors (Lipinski definition) is 1. The van der Waals surface area contributed by atoms with Crippen molar-refractivity contribution in [1.82, 2.24) is 0 Å². The first-order chi connectivity index (χ1) is 17.8. The number of methoxy groups -OCH3 is 1. The second-order valence-corrected chi connectivity index (χ2v) is 9.80. The lowest BCUT2D eigenvalue weighted by atomic mass is 9.79. The molecule has 0 bridgehead atoms. The molecular formula is C30H27FO6. The normalized spacial score (nSPS) is 18.4. The highest BCUT2D eigenvalue weighted by molar-refractivity contribution is 6.33. The number of ether oxygens (including phenoxy) is 2. The fourth-order valence-corrected chi connectivity index (χ4v) is 5.32. The first-order valence-corrected chi connectivity index (χ1v) is 12.3. The average Bonchev–Trinajstić information content (AvgIpc) is 3.73. The van der Waals surface area contributed by atoms with Crippen molar-refractivity contribution in [3.05, 3.63) is 88.7 Å². The SMILES string of the molecule is COc1ccc(F)c(-c2ccc([C@@H]3Cc4cc([C@H](C5CC5)[C@H](C)C(=O)C(=O)O)ccc4C(=O)O3)cc2)c1. The Balaban J connectivity index is 1.41. The smallest absolute Gasteiger partial charge is 0.372 e. The highest BCUT2D eigenvalue weighted by Crippen LogP contribution is 2.47. The molecule has 3 atom stereocenters.